The van der Waals surface area contributed by atoms with Gasteiger partial charge < -0.3 is 9.47 Å². The van der Waals surface area contributed by atoms with E-state index in [4.69, 9.17) is 15.0 Å². The molecule has 0 radical (unpaired) electrons. The molecule has 1 aromatic rings. The van der Waals surface area contributed by atoms with Crippen LogP contribution in [0, 0.1) is 0 Å². The summed E-state index contributed by atoms with van der Waals surface area (Å²) in [5, 5.41) is 6.13. The van der Waals surface area contributed by atoms with Gasteiger partial charge in [-0.05, 0) is 50.4 Å². The first-order valence-corrected chi connectivity index (χ1v) is 6.53. The van der Waals surface area contributed by atoms with Crippen LogP contribution in [0.4, 0.5) is 10.5 Å². The molecular weight excluding hydrogens is 272 g/mol. The van der Waals surface area contributed by atoms with Gasteiger partial charge in [0, 0.05) is 11.5 Å². The molecule has 1 amide bonds. The van der Waals surface area contributed by atoms with Gasteiger partial charge >= 0.3 is 6.09 Å². The van der Waals surface area contributed by atoms with Gasteiger partial charge in [-0.25, -0.2) is 4.79 Å². The molecule has 0 spiro atoms. The van der Waals surface area contributed by atoms with Gasteiger partial charge in [-0.2, -0.15) is 0 Å². The lowest BCUT2D eigenvalue weighted by Gasteiger charge is -2.20. The number of ether oxygens (including phenoxy) is 2. The zero-order valence-electron chi connectivity index (χ0n) is 12.7. The molecule has 21 heavy (non-hydrogen) atoms. The number of methoxy groups -OCH3 is 1. The quantitative estimate of drug-likeness (QED) is 0.506. The van der Waals surface area contributed by atoms with E-state index in [-0.39, 0.29) is 0 Å². The predicted molar refractivity (Wildman–Crippen MR) is 80.6 cm³/mol. The zero-order valence-corrected chi connectivity index (χ0v) is 12.7. The number of benzene rings is 1. The van der Waals surface area contributed by atoms with Crippen molar-refractivity contribution in [2.24, 2.45) is 5.11 Å². The Morgan fingerprint density at radius 1 is 1.43 bits per heavy atom. The molecule has 114 valence electrons. The number of hydrogen-bond donors (Lipinski definition) is 1. The molecule has 0 saturated heterocycles. The Morgan fingerprint density at radius 3 is 2.71 bits per heavy atom. The number of anilines is 1. The Morgan fingerprint density at radius 2 is 2.14 bits per heavy atom. The van der Waals surface area contributed by atoms with E-state index >= 15 is 0 Å². The molecule has 1 N–H and O–H groups in total. The average Bonchev–Trinajstić information content (AvgIpc) is 2.38. The van der Waals surface area contributed by atoms with Crippen molar-refractivity contribution in [1.29, 1.82) is 0 Å². The van der Waals surface area contributed by atoms with Gasteiger partial charge in [0.25, 0.3) is 0 Å². The highest BCUT2D eigenvalue weighted by atomic mass is 16.6. The van der Waals surface area contributed by atoms with E-state index in [9.17, 15) is 4.79 Å². The van der Waals surface area contributed by atoms with Gasteiger partial charge in [0.2, 0.25) is 0 Å². The SMILES string of the molecule is COc1cc(CCN=[N+]=[N-])ccc1NC(=O)OC(C)(C)C. The summed E-state index contributed by atoms with van der Waals surface area (Å²) in [5.41, 5.74) is 9.17. The number of carbonyl (C=O) groups is 1. The second kappa shape index (κ2) is 7.40. The topological polar surface area (TPSA) is 96.3 Å². The van der Waals surface area contributed by atoms with Gasteiger partial charge in [-0.1, -0.05) is 11.2 Å². The monoisotopic (exact) mass is 292 g/mol. The number of hydrogen-bond acceptors (Lipinski definition) is 4. The number of amides is 1. The highest BCUT2D eigenvalue weighted by Gasteiger charge is 2.17. The van der Waals surface area contributed by atoms with E-state index < -0.39 is 11.7 Å². The van der Waals surface area contributed by atoms with Gasteiger partial charge in [0.15, 0.2) is 0 Å². The van der Waals surface area contributed by atoms with Crippen LogP contribution in [-0.4, -0.2) is 25.3 Å². The summed E-state index contributed by atoms with van der Waals surface area (Å²) in [4.78, 5) is 14.5. The van der Waals surface area contributed by atoms with Crippen LogP contribution in [0.25, 0.3) is 10.4 Å². The first-order valence-electron chi connectivity index (χ1n) is 6.53. The van der Waals surface area contributed by atoms with Crippen molar-refractivity contribution in [1.82, 2.24) is 0 Å². The van der Waals surface area contributed by atoms with E-state index in [0.717, 1.165) is 5.56 Å². The van der Waals surface area contributed by atoms with Gasteiger partial charge in [0.05, 0.1) is 12.8 Å². The highest BCUT2D eigenvalue weighted by Crippen LogP contribution is 2.26. The lowest BCUT2D eigenvalue weighted by Crippen LogP contribution is -2.27. The van der Waals surface area contributed by atoms with Crippen molar-refractivity contribution in [2.75, 3.05) is 19.0 Å². The van der Waals surface area contributed by atoms with Gasteiger partial charge in [-0.15, -0.1) is 0 Å². The second-order valence-electron chi connectivity index (χ2n) is 5.37. The molecule has 0 aliphatic rings. The maximum atomic E-state index is 11.7. The molecule has 0 unspecified atom stereocenters. The maximum absolute atomic E-state index is 11.7. The van der Waals surface area contributed by atoms with Crippen LogP contribution in [0.3, 0.4) is 0 Å². The number of nitrogens with one attached hydrogen (secondary N) is 1. The lowest BCUT2D eigenvalue weighted by molar-refractivity contribution is 0.0635. The highest BCUT2D eigenvalue weighted by molar-refractivity contribution is 5.87. The molecule has 0 aliphatic carbocycles. The zero-order chi connectivity index (χ0) is 15.9. The van der Waals surface area contributed by atoms with Gasteiger partial charge in [-0.3, -0.25) is 5.32 Å². The Kier molecular flexibility index (Phi) is 5.87. The molecule has 0 heterocycles. The minimum absolute atomic E-state index is 0.374. The fourth-order valence-corrected chi connectivity index (χ4v) is 1.63. The minimum Gasteiger partial charge on any atom is -0.495 e. The van der Waals surface area contributed by atoms with Crippen LogP contribution in [-0.2, 0) is 11.2 Å². The molecule has 1 aromatic carbocycles. The van der Waals surface area contributed by atoms with Crippen LogP contribution >= 0.6 is 0 Å². The van der Waals surface area contributed by atoms with Crippen molar-refractivity contribution in [3.8, 4) is 5.75 Å². The molecule has 0 aromatic heterocycles. The summed E-state index contributed by atoms with van der Waals surface area (Å²) < 4.78 is 10.4. The fourth-order valence-electron chi connectivity index (χ4n) is 1.63. The molecule has 1 rings (SSSR count). The minimum atomic E-state index is -0.563. The fraction of sp³-hybridized carbons (Fsp3) is 0.500. The van der Waals surface area contributed by atoms with Gasteiger partial charge in [0.1, 0.15) is 11.4 Å². The van der Waals surface area contributed by atoms with E-state index in [2.05, 4.69) is 15.3 Å². The van der Waals surface area contributed by atoms with Crippen LogP contribution in [0.1, 0.15) is 26.3 Å². The predicted octanol–water partition coefficient (Wildman–Crippen LogP) is 3.90. The first-order chi connectivity index (χ1) is 9.85. The summed E-state index contributed by atoms with van der Waals surface area (Å²) in [6.07, 6.45) is 0.0651. The Hall–Kier alpha value is -2.40. The molecule has 0 aliphatic heterocycles. The van der Waals surface area contributed by atoms with E-state index in [1.165, 1.54) is 7.11 Å². The Labute approximate surface area is 123 Å². The molecule has 0 atom stereocenters. The number of azide groups is 1. The number of rotatable bonds is 5. The summed E-state index contributed by atoms with van der Waals surface area (Å²) in [6.45, 7) is 5.76. The third-order valence-electron chi connectivity index (χ3n) is 2.47. The number of carbonyl (C=O) groups excluding carboxylic acids is 1. The van der Waals surface area contributed by atoms with E-state index in [1.54, 1.807) is 32.9 Å². The van der Waals surface area contributed by atoms with Crippen LogP contribution in [0.5, 0.6) is 5.75 Å². The smallest absolute Gasteiger partial charge is 0.412 e. The van der Waals surface area contributed by atoms with Crippen molar-refractivity contribution >= 4 is 11.8 Å². The maximum Gasteiger partial charge on any atom is 0.412 e. The molecule has 0 fully saturated rings. The summed E-state index contributed by atoms with van der Waals surface area (Å²) >= 11 is 0. The number of nitrogens with zero attached hydrogens (tertiary/aromatic N) is 3. The van der Waals surface area contributed by atoms with Crippen LogP contribution < -0.4 is 10.1 Å². The first kappa shape index (κ1) is 16.7. The summed E-state index contributed by atoms with van der Waals surface area (Å²) in [5.74, 6) is 0.527. The molecule has 7 nitrogen and oxygen atoms in total. The van der Waals surface area contributed by atoms with Crippen LogP contribution in [0.15, 0.2) is 23.3 Å². The molecule has 7 heteroatoms. The Bertz CT molecular complexity index is 546. The van der Waals surface area contributed by atoms with Crippen molar-refractivity contribution in [3.05, 3.63) is 34.2 Å². The third kappa shape index (κ3) is 6.05. The lowest BCUT2D eigenvalue weighted by atomic mass is 10.1. The molecule has 0 bridgehead atoms. The Balaban J connectivity index is 2.79. The van der Waals surface area contributed by atoms with Crippen molar-refractivity contribution < 1.29 is 14.3 Å². The van der Waals surface area contributed by atoms with E-state index in [0.29, 0.717) is 24.4 Å². The van der Waals surface area contributed by atoms with Crippen molar-refractivity contribution in [3.63, 3.8) is 0 Å². The van der Waals surface area contributed by atoms with Crippen molar-refractivity contribution in [2.45, 2.75) is 32.8 Å². The summed E-state index contributed by atoms with van der Waals surface area (Å²) in [6, 6.07) is 5.36. The second-order valence-corrected chi connectivity index (χ2v) is 5.37. The third-order valence-corrected chi connectivity index (χ3v) is 2.47. The van der Waals surface area contributed by atoms with E-state index in [1.807, 2.05) is 6.07 Å². The molecular formula is C14H20N4O3. The standard InChI is InChI=1S/C14H20N4O3/c1-14(2,3)21-13(19)17-11-6-5-10(7-8-16-18-15)9-12(11)20-4/h5-6,9H,7-8H2,1-4H3,(H,17,19). The molecule has 0 saturated carbocycles. The normalized spacial score (nSPS) is 10.5. The average molecular weight is 292 g/mol. The summed E-state index contributed by atoms with van der Waals surface area (Å²) in [7, 11) is 1.52. The largest absolute Gasteiger partial charge is 0.495 e. The van der Waals surface area contributed by atoms with Crippen LogP contribution in [0.2, 0.25) is 0 Å².